The Bertz CT molecular complexity index is 1120. The highest BCUT2D eigenvalue weighted by molar-refractivity contribution is 6.58. The van der Waals surface area contributed by atoms with E-state index >= 15 is 0 Å². The van der Waals surface area contributed by atoms with Crippen LogP contribution in [-0.4, -0.2) is 67.4 Å². The van der Waals surface area contributed by atoms with Crippen LogP contribution in [0.3, 0.4) is 0 Å². The Labute approximate surface area is 199 Å². The van der Waals surface area contributed by atoms with Crippen molar-refractivity contribution in [3.05, 3.63) is 69.8 Å². The van der Waals surface area contributed by atoms with Gasteiger partial charge in [0, 0.05) is 25.6 Å². The third-order valence-corrected chi connectivity index (χ3v) is 8.61. The van der Waals surface area contributed by atoms with E-state index in [2.05, 4.69) is 12.1 Å². The summed E-state index contributed by atoms with van der Waals surface area (Å²) in [5.41, 5.74) is 1.99. The number of nitrogens with zero attached hydrogens (tertiary/aromatic N) is 3. The number of methoxy groups -OCH3 is 1. The van der Waals surface area contributed by atoms with Gasteiger partial charge >= 0.3 is 14.8 Å². The minimum absolute atomic E-state index is 0.117. The number of hydrogen-bond acceptors (Lipinski definition) is 6. The number of ether oxygens (including phenoxy) is 1. The highest BCUT2D eigenvalue weighted by atomic mass is 28.3. The zero-order valence-corrected chi connectivity index (χ0v) is 20.2. The Balaban J connectivity index is 1.52. The number of piperazine rings is 1. The van der Waals surface area contributed by atoms with Crippen LogP contribution in [0, 0.1) is 10.1 Å². The van der Waals surface area contributed by atoms with Crippen molar-refractivity contribution in [2.45, 2.75) is 44.2 Å². The molecule has 1 aliphatic heterocycles. The molecule has 9 nitrogen and oxygen atoms in total. The summed E-state index contributed by atoms with van der Waals surface area (Å²) in [6.45, 7) is 2.01. The van der Waals surface area contributed by atoms with Crippen molar-refractivity contribution in [2.24, 2.45) is 0 Å². The van der Waals surface area contributed by atoms with Crippen molar-refractivity contribution >= 4 is 31.6 Å². The lowest BCUT2D eigenvalue weighted by atomic mass is 10.0. The number of para-hydroxylation sites is 1. The van der Waals surface area contributed by atoms with Crippen molar-refractivity contribution < 1.29 is 23.7 Å². The standard InChI is InChI=1S/C24H27N3O6Si/c1-16-23(28)25(13-14-26(16)34(32)22-6-4-3-5-20(22)27(30)31)21(24(29)33-2)15-17-7-9-18(10-8-17)19-11-12-19/h3-10,16,19,21H,11-15H2,1-2H3/t16-,21-/m0/s1. The fourth-order valence-electron chi connectivity index (χ4n) is 4.47. The number of esters is 1. The number of nitro benzene ring substituents is 1. The maximum absolute atomic E-state index is 13.3. The van der Waals surface area contributed by atoms with Crippen LogP contribution in [0.2, 0.25) is 0 Å². The van der Waals surface area contributed by atoms with Gasteiger partial charge in [0.15, 0.2) is 0 Å². The molecule has 1 saturated carbocycles. The van der Waals surface area contributed by atoms with Gasteiger partial charge in [-0.2, -0.15) is 0 Å². The van der Waals surface area contributed by atoms with Crippen LogP contribution in [0.15, 0.2) is 48.5 Å². The normalized spacial score (nSPS) is 19.0. The molecule has 0 N–H and O–H groups in total. The largest absolute Gasteiger partial charge is 0.467 e. The summed E-state index contributed by atoms with van der Waals surface area (Å²) in [4.78, 5) is 38.3. The summed E-state index contributed by atoms with van der Waals surface area (Å²) in [7, 11) is -1.49. The van der Waals surface area contributed by atoms with E-state index in [9.17, 15) is 24.2 Å². The smallest absolute Gasteiger partial charge is 0.438 e. The van der Waals surface area contributed by atoms with E-state index in [4.69, 9.17) is 4.74 Å². The van der Waals surface area contributed by atoms with Crippen LogP contribution in [0.25, 0.3) is 0 Å². The fourth-order valence-corrected chi connectivity index (χ4v) is 6.18. The first-order valence-corrected chi connectivity index (χ1v) is 12.7. The molecule has 0 radical (unpaired) electrons. The fraction of sp³-hybridized carbons (Fsp3) is 0.417. The molecule has 178 valence electrons. The van der Waals surface area contributed by atoms with Gasteiger partial charge in [0.05, 0.1) is 23.3 Å². The molecule has 10 heteroatoms. The van der Waals surface area contributed by atoms with Crippen LogP contribution in [0.4, 0.5) is 5.69 Å². The topological polar surface area (TPSA) is 110 Å². The van der Waals surface area contributed by atoms with Crippen molar-refractivity contribution in [3.63, 3.8) is 0 Å². The van der Waals surface area contributed by atoms with Gasteiger partial charge < -0.3 is 18.7 Å². The summed E-state index contributed by atoms with van der Waals surface area (Å²) in [5.74, 6) is -0.232. The van der Waals surface area contributed by atoms with Gasteiger partial charge in [0.2, 0.25) is 5.91 Å². The quantitative estimate of drug-likeness (QED) is 0.245. The van der Waals surface area contributed by atoms with Crippen LogP contribution < -0.4 is 5.19 Å². The maximum Gasteiger partial charge on any atom is 0.438 e. The van der Waals surface area contributed by atoms with E-state index < -0.39 is 31.8 Å². The second-order valence-electron chi connectivity index (χ2n) is 8.74. The van der Waals surface area contributed by atoms with E-state index in [0.29, 0.717) is 12.3 Å². The molecule has 0 unspecified atom stereocenters. The van der Waals surface area contributed by atoms with E-state index in [-0.39, 0.29) is 29.9 Å². The SMILES string of the molecule is COC(=O)[C@H](Cc1ccc(C2CC2)cc1)N1CCN([Si](=O)c2ccccc2[N+](=O)[O-])[C@@H](C)C1=O. The first kappa shape index (κ1) is 23.7. The lowest BCUT2D eigenvalue weighted by Gasteiger charge is -2.41. The summed E-state index contributed by atoms with van der Waals surface area (Å²) in [6, 6.07) is 12.4. The monoisotopic (exact) mass is 481 g/mol. The predicted octanol–water partition coefficient (Wildman–Crippen LogP) is 1.91. The summed E-state index contributed by atoms with van der Waals surface area (Å²) >= 11 is 0. The zero-order valence-electron chi connectivity index (χ0n) is 19.2. The third-order valence-electron chi connectivity index (χ3n) is 6.59. The number of nitro groups is 1. The van der Waals surface area contributed by atoms with Gasteiger partial charge in [-0.1, -0.05) is 36.4 Å². The lowest BCUT2D eigenvalue weighted by Crippen LogP contribution is -2.63. The van der Waals surface area contributed by atoms with E-state index in [1.807, 2.05) is 12.1 Å². The number of benzene rings is 2. The first-order valence-electron chi connectivity index (χ1n) is 11.3. The van der Waals surface area contributed by atoms with Crippen molar-refractivity contribution in [1.82, 2.24) is 9.47 Å². The Morgan fingerprint density at radius 2 is 1.85 bits per heavy atom. The Hall–Kier alpha value is -3.40. The number of carbonyl (C=O) groups is 2. The molecule has 4 rings (SSSR count). The number of hydrogen-bond donors (Lipinski definition) is 0. The molecule has 0 aromatic heterocycles. The second kappa shape index (κ2) is 9.84. The molecule has 1 heterocycles. The van der Waals surface area contributed by atoms with Crippen LogP contribution in [0.5, 0.6) is 0 Å². The third kappa shape index (κ3) is 4.77. The molecule has 1 aliphatic carbocycles. The Morgan fingerprint density at radius 1 is 1.18 bits per heavy atom. The van der Waals surface area contributed by atoms with E-state index in [0.717, 1.165) is 5.56 Å². The minimum Gasteiger partial charge on any atom is -0.467 e. The lowest BCUT2D eigenvalue weighted by molar-refractivity contribution is -0.383. The van der Waals surface area contributed by atoms with Crippen molar-refractivity contribution in [1.29, 1.82) is 0 Å². The molecule has 0 bridgehead atoms. The summed E-state index contributed by atoms with van der Waals surface area (Å²) in [5, 5.41) is 11.5. The molecule has 2 fully saturated rings. The maximum atomic E-state index is 13.3. The molecule has 1 amide bonds. The molecule has 2 atom stereocenters. The van der Waals surface area contributed by atoms with E-state index in [1.54, 1.807) is 13.0 Å². The molecule has 1 saturated heterocycles. The summed E-state index contributed by atoms with van der Waals surface area (Å²) in [6.07, 6.45) is 2.72. The van der Waals surface area contributed by atoms with E-state index in [1.165, 1.54) is 53.2 Å². The average Bonchev–Trinajstić information content (AvgIpc) is 3.69. The molecule has 0 spiro atoms. The van der Waals surface area contributed by atoms with Crippen molar-refractivity contribution in [2.75, 3.05) is 20.2 Å². The van der Waals surface area contributed by atoms with Crippen LogP contribution in [-0.2, 0) is 25.2 Å². The van der Waals surface area contributed by atoms with Gasteiger partial charge in [-0.3, -0.25) is 14.9 Å². The Kier molecular flexibility index (Phi) is 6.87. The van der Waals surface area contributed by atoms with Crippen LogP contribution >= 0.6 is 0 Å². The van der Waals surface area contributed by atoms with Gasteiger partial charge in [-0.15, -0.1) is 0 Å². The highest BCUT2D eigenvalue weighted by Crippen LogP contribution is 2.40. The van der Waals surface area contributed by atoms with Crippen molar-refractivity contribution in [3.8, 4) is 0 Å². The molecule has 34 heavy (non-hydrogen) atoms. The van der Waals surface area contributed by atoms with Gasteiger partial charge in [0.25, 0.3) is 5.69 Å². The molecule has 2 aliphatic rings. The predicted molar refractivity (Wildman–Crippen MR) is 125 cm³/mol. The molecule has 2 aromatic rings. The molecule has 2 aromatic carbocycles. The number of amides is 1. The minimum atomic E-state index is -2.78. The first-order chi connectivity index (χ1) is 16.3. The Morgan fingerprint density at radius 3 is 2.47 bits per heavy atom. The molecular weight excluding hydrogens is 454 g/mol. The van der Waals surface area contributed by atoms with Gasteiger partial charge in [-0.05, 0) is 42.9 Å². The zero-order chi connectivity index (χ0) is 24.4. The number of rotatable bonds is 8. The number of carbonyl (C=O) groups excluding carboxylic acids is 2. The van der Waals surface area contributed by atoms with Gasteiger partial charge in [0.1, 0.15) is 6.04 Å². The summed E-state index contributed by atoms with van der Waals surface area (Å²) < 4.78 is 19.8. The van der Waals surface area contributed by atoms with Gasteiger partial charge in [-0.25, -0.2) is 4.79 Å². The second-order valence-corrected chi connectivity index (χ2v) is 10.5. The average molecular weight is 482 g/mol. The highest BCUT2D eigenvalue weighted by Gasteiger charge is 2.42. The van der Waals surface area contributed by atoms with Crippen LogP contribution in [0.1, 0.15) is 36.8 Å². The molecular formula is C24H27N3O6Si.